The van der Waals surface area contributed by atoms with Gasteiger partial charge in [0.05, 0.1) is 0 Å². The molecule has 19 heavy (non-hydrogen) atoms. The Morgan fingerprint density at radius 1 is 1.37 bits per heavy atom. The van der Waals surface area contributed by atoms with Crippen molar-refractivity contribution in [1.29, 1.82) is 0 Å². The summed E-state index contributed by atoms with van der Waals surface area (Å²) in [5.41, 5.74) is 1.70. The summed E-state index contributed by atoms with van der Waals surface area (Å²) in [5, 5.41) is 19.1. The van der Waals surface area contributed by atoms with Gasteiger partial charge in [0.2, 0.25) is 6.41 Å². The summed E-state index contributed by atoms with van der Waals surface area (Å²) in [6, 6.07) is 2.19. The highest BCUT2D eigenvalue weighted by Crippen LogP contribution is 2.28. The fraction of sp³-hybridized carbons (Fsp3) is 0.429. The van der Waals surface area contributed by atoms with Crippen molar-refractivity contribution in [2.45, 2.75) is 33.2 Å². The summed E-state index contributed by atoms with van der Waals surface area (Å²) in [6.45, 7) is 5.66. The van der Waals surface area contributed by atoms with E-state index in [1.54, 1.807) is 26.0 Å². The average molecular weight is 265 g/mol. The summed E-state index contributed by atoms with van der Waals surface area (Å²) < 4.78 is 0. The fourth-order valence-corrected chi connectivity index (χ4v) is 2.12. The van der Waals surface area contributed by atoms with Crippen LogP contribution in [0, 0.1) is 13.8 Å². The fourth-order valence-electron chi connectivity index (χ4n) is 2.12. The third kappa shape index (κ3) is 3.24. The van der Waals surface area contributed by atoms with E-state index in [-0.39, 0.29) is 5.75 Å². The molecule has 1 unspecified atom stereocenters. The number of hydrogen-bond donors (Lipinski definition) is 2. The van der Waals surface area contributed by atoms with Crippen molar-refractivity contribution in [3.63, 3.8) is 0 Å². The minimum absolute atomic E-state index is 0.154. The number of aliphatic carboxylic acids is 1. The number of nitrogens with zero attached hydrogens (tertiary/aromatic N) is 1. The SMILES string of the molecule is CCCN(C=O)C(C(=O)O)c1cc(C)c(O)c(C)c1. The van der Waals surface area contributed by atoms with Crippen LogP contribution in [0.1, 0.15) is 36.1 Å². The number of phenols is 1. The Labute approximate surface area is 112 Å². The molecule has 0 fully saturated rings. The molecule has 0 spiro atoms. The number of aromatic hydroxyl groups is 1. The largest absolute Gasteiger partial charge is 0.507 e. The van der Waals surface area contributed by atoms with Crippen LogP contribution in [0.4, 0.5) is 0 Å². The van der Waals surface area contributed by atoms with Crippen LogP contribution in [0.25, 0.3) is 0 Å². The first-order valence-corrected chi connectivity index (χ1v) is 6.16. The molecule has 0 bridgehead atoms. The highest BCUT2D eigenvalue weighted by Gasteiger charge is 2.26. The summed E-state index contributed by atoms with van der Waals surface area (Å²) >= 11 is 0. The van der Waals surface area contributed by atoms with Gasteiger partial charge in [0.25, 0.3) is 0 Å². The molecule has 1 aromatic carbocycles. The first kappa shape index (κ1) is 15.0. The first-order chi connectivity index (χ1) is 8.92. The molecule has 0 aliphatic carbocycles. The van der Waals surface area contributed by atoms with Crippen LogP contribution in [0.3, 0.4) is 0 Å². The zero-order valence-corrected chi connectivity index (χ0v) is 11.4. The molecule has 5 heteroatoms. The van der Waals surface area contributed by atoms with E-state index in [9.17, 15) is 19.8 Å². The van der Waals surface area contributed by atoms with E-state index < -0.39 is 12.0 Å². The van der Waals surface area contributed by atoms with Crippen LogP contribution in [-0.2, 0) is 9.59 Å². The smallest absolute Gasteiger partial charge is 0.331 e. The van der Waals surface area contributed by atoms with Gasteiger partial charge in [0, 0.05) is 6.54 Å². The number of benzene rings is 1. The van der Waals surface area contributed by atoms with E-state index in [4.69, 9.17) is 0 Å². The van der Waals surface area contributed by atoms with Crippen LogP contribution in [0.5, 0.6) is 5.75 Å². The summed E-state index contributed by atoms with van der Waals surface area (Å²) in [4.78, 5) is 23.7. The third-order valence-corrected chi connectivity index (χ3v) is 3.01. The number of carbonyl (C=O) groups excluding carboxylic acids is 1. The number of carbonyl (C=O) groups is 2. The minimum atomic E-state index is -1.08. The van der Waals surface area contributed by atoms with E-state index in [2.05, 4.69) is 0 Å². The number of phenolic OH excluding ortho intramolecular Hbond substituents is 1. The number of carboxylic acids is 1. The Bertz CT molecular complexity index is 461. The highest BCUT2D eigenvalue weighted by atomic mass is 16.4. The number of hydrogen-bond acceptors (Lipinski definition) is 3. The van der Waals surface area contributed by atoms with E-state index >= 15 is 0 Å². The second-order valence-electron chi connectivity index (χ2n) is 4.59. The molecule has 0 heterocycles. The third-order valence-electron chi connectivity index (χ3n) is 3.01. The molecule has 2 N–H and O–H groups in total. The summed E-state index contributed by atoms with van der Waals surface area (Å²) in [5.74, 6) is -0.925. The molecule has 0 aliphatic rings. The van der Waals surface area contributed by atoms with E-state index in [1.807, 2.05) is 6.92 Å². The van der Waals surface area contributed by atoms with Gasteiger partial charge in [-0.3, -0.25) is 4.79 Å². The van der Waals surface area contributed by atoms with Crippen LogP contribution in [0.15, 0.2) is 12.1 Å². The Hall–Kier alpha value is -2.04. The number of rotatable bonds is 6. The molecule has 1 rings (SSSR count). The Morgan fingerprint density at radius 3 is 2.26 bits per heavy atom. The molecule has 0 radical (unpaired) electrons. The maximum absolute atomic E-state index is 11.4. The van der Waals surface area contributed by atoms with Gasteiger partial charge >= 0.3 is 5.97 Å². The summed E-state index contributed by atoms with van der Waals surface area (Å²) in [6.07, 6.45) is 1.23. The number of carboxylic acid groups (broad SMARTS) is 1. The molecule has 0 saturated carbocycles. The molecule has 104 valence electrons. The second kappa shape index (κ2) is 6.22. The highest BCUT2D eigenvalue weighted by molar-refractivity contribution is 5.78. The van der Waals surface area contributed by atoms with Gasteiger partial charge in [-0.25, -0.2) is 4.79 Å². The van der Waals surface area contributed by atoms with Gasteiger partial charge in [-0.2, -0.15) is 0 Å². The Morgan fingerprint density at radius 2 is 1.89 bits per heavy atom. The lowest BCUT2D eigenvalue weighted by Crippen LogP contribution is -2.33. The van der Waals surface area contributed by atoms with Gasteiger partial charge in [-0.15, -0.1) is 0 Å². The zero-order chi connectivity index (χ0) is 14.6. The summed E-state index contributed by atoms with van der Waals surface area (Å²) in [7, 11) is 0. The van der Waals surface area contributed by atoms with Gasteiger partial charge in [-0.05, 0) is 49.1 Å². The molecule has 0 aliphatic heterocycles. The van der Waals surface area contributed by atoms with Crippen molar-refractivity contribution in [1.82, 2.24) is 4.90 Å². The predicted octanol–water partition coefficient (Wildman–Crippen LogP) is 2.00. The van der Waals surface area contributed by atoms with Crippen molar-refractivity contribution in [2.24, 2.45) is 0 Å². The quantitative estimate of drug-likeness (QED) is 0.771. The zero-order valence-electron chi connectivity index (χ0n) is 11.4. The van der Waals surface area contributed by atoms with Crippen LogP contribution in [0.2, 0.25) is 0 Å². The van der Waals surface area contributed by atoms with Crippen molar-refractivity contribution < 1.29 is 19.8 Å². The predicted molar refractivity (Wildman–Crippen MR) is 71.0 cm³/mol. The van der Waals surface area contributed by atoms with Gasteiger partial charge in [0.1, 0.15) is 5.75 Å². The Kier molecular flexibility index (Phi) is 4.92. The maximum atomic E-state index is 11.4. The first-order valence-electron chi connectivity index (χ1n) is 6.16. The monoisotopic (exact) mass is 265 g/mol. The van der Waals surface area contributed by atoms with E-state index in [1.165, 1.54) is 4.90 Å². The average Bonchev–Trinajstić information content (AvgIpc) is 2.34. The second-order valence-corrected chi connectivity index (χ2v) is 4.59. The van der Waals surface area contributed by atoms with Gasteiger partial charge in [-0.1, -0.05) is 6.92 Å². The van der Waals surface area contributed by atoms with Crippen molar-refractivity contribution in [2.75, 3.05) is 6.54 Å². The van der Waals surface area contributed by atoms with Crippen LogP contribution >= 0.6 is 0 Å². The van der Waals surface area contributed by atoms with Crippen molar-refractivity contribution in [3.05, 3.63) is 28.8 Å². The molecular formula is C14H19NO4. The lowest BCUT2D eigenvalue weighted by atomic mass is 9.99. The van der Waals surface area contributed by atoms with Gasteiger partial charge < -0.3 is 15.1 Å². The van der Waals surface area contributed by atoms with Crippen LogP contribution < -0.4 is 0 Å². The molecule has 5 nitrogen and oxygen atoms in total. The standard InChI is InChI=1S/C14H19NO4/c1-4-5-15(8-16)12(14(18)19)11-6-9(2)13(17)10(3)7-11/h6-8,12,17H,4-5H2,1-3H3,(H,18,19). The molecular weight excluding hydrogens is 246 g/mol. The maximum Gasteiger partial charge on any atom is 0.331 e. The van der Waals surface area contributed by atoms with Crippen molar-refractivity contribution in [3.8, 4) is 5.75 Å². The Balaban J connectivity index is 3.26. The topological polar surface area (TPSA) is 77.8 Å². The van der Waals surface area contributed by atoms with Crippen molar-refractivity contribution >= 4 is 12.4 Å². The van der Waals surface area contributed by atoms with Crippen LogP contribution in [-0.4, -0.2) is 34.0 Å². The number of aryl methyl sites for hydroxylation is 2. The van der Waals surface area contributed by atoms with E-state index in [0.29, 0.717) is 36.1 Å². The van der Waals surface area contributed by atoms with Gasteiger partial charge in [0.15, 0.2) is 6.04 Å². The normalized spacial score (nSPS) is 11.9. The molecule has 1 atom stereocenters. The molecule has 0 aromatic heterocycles. The molecule has 1 amide bonds. The lowest BCUT2D eigenvalue weighted by Gasteiger charge is -2.25. The molecule has 1 aromatic rings. The van der Waals surface area contributed by atoms with E-state index in [0.717, 1.165) is 0 Å². The minimum Gasteiger partial charge on any atom is -0.507 e. The molecule has 0 saturated heterocycles. The number of amides is 1. The lowest BCUT2D eigenvalue weighted by molar-refractivity contribution is -0.146.